The number of rotatable bonds is 2. The van der Waals surface area contributed by atoms with Gasteiger partial charge in [-0.25, -0.2) is 4.79 Å². The molecule has 0 N–H and O–H groups in total. The summed E-state index contributed by atoms with van der Waals surface area (Å²) < 4.78 is 26.4. The maximum Gasteiger partial charge on any atom is 0.378 e. The monoisotopic (exact) mass is 136 g/mol. The highest BCUT2D eigenvalue weighted by atomic mass is 19.3. The standard InChI is InChI=1S/C5H6F2O2/c1-2-3-9-5(8)4(6)7/h2-4H,1H3/b3-2-. The van der Waals surface area contributed by atoms with E-state index in [1.807, 2.05) is 0 Å². The predicted octanol–water partition coefficient (Wildman–Crippen LogP) is 1.33. The van der Waals surface area contributed by atoms with Gasteiger partial charge < -0.3 is 4.74 Å². The minimum absolute atomic E-state index is 0.911. The van der Waals surface area contributed by atoms with Crippen molar-refractivity contribution in [1.29, 1.82) is 0 Å². The number of hydrogen-bond acceptors (Lipinski definition) is 2. The molecule has 4 heteroatoms. The second-order valence-electron chi connectivity index (χ2n) is 1.21. The molecule has 52 valence electrons. The van der Waals surface area contributed by atoms with Crippen molar-refractivity contribution in [2.24, 2.45) is 0 Å². The molecular weight excluding hydrogens is 130 g/mol. The van der Waals surface area contributed by atoms with E-state index in [2.05, 4.69) is 4.74 Å². The van der Waals surface area contributed by atoms with Crippen molar-refractivity contribution in [2.45, 2.75) is 13.3 Å². The summed E-state index contributed by atoms with van der Waals surface area (Å²) in [6.07, 6.45) is -0.782. The fourth-order valence-electron chi connectivity index (χ4n) is 0.187. The largest absolute Gasteiger partial charge is 0.431 e. The lowest BCUT2D eigenvalue weighted by atomic mass is 10.7. The van der Waals surface area contributed by atoms with Crippen LogP contribution in [0.1, 0.15) is 6.92 Å². The van der Waals surface area contributed by atoms with E-state index >= 15 is 0 Å². The van der Waals surface area contributed by atoms with Gasteiger partial charge in [-0.15, -0.1) is 0 Å². The Morgan fingerprint density at radius 3 is 2.56 bits per heavy atom. The fourth-order valence-corrected chi connectivity index (χ4v) is 0.187. The average molecular weight is 136 g/mol. The predicted molar refractivity (Wildman–Crippen MR) is 26.9 cm³/mol. The number of ether oxygens (including phenoxy) is 1. The number of hydrogen-bond donors (Lipinski definition) is 0. The fraction of sp³-hybridized carbons (Fsp3) is 0.400. The normalized spacial score (nSPS) is 10.7. The first-order valence-electron chi connectivity index (χ1n) is 2.28. The van der Waals surface area contributed by atoms with Gasteiger partial charge in [0.25, 0.3) is 0 Å². The van der Waals surface area contributed by atoms with Gasteiger partial charge in [-0.1, -0.05) is 6.08 Å². The van der Waals surface area contributed by atoms with Gasteiger partial charge >= 0.3 is 12.4 Å². The number of carbonyl (C=O) groups is 1. The van der Waals surface area contributed by atoms with Crippen LogP contribution >= 0.6 is 0 Å². The molecule has 0 unspecified atom stereocenters. The van der Waals surface area contributed by atoms with E-state index in [1.165, 1.54) is 6.08 Å². The van der Waals surface area contributed by atoms with Gasteiger partial charge in [0.2, 0.25) is 0 Å². The molecule has 0 spiro atoms. The molecule has 0 atom stereocenters. The average Bonchev–Trinajstić information content (AvgIpc) is 1.82. The third-order valence-corrected chi connectivity index (χ3v) is 0.498. The summed E-state index contributed by atoms with van der Waals surface area (Å²) in [6.45, 7) is 1.55. The van der Waals surface area contributed by atoms with Crippen LogP contribution in [0.2, 0.25) is 0 Å². The Kier molecular flexibility index (Phi) is 3.59. The molecule has 0 aliphatic heterocycles. The number of carbonyl (C=O) groups excluding carboxylic acids is 1. The second-order valence-corrected chi connectivity index (χ2v) is 1.21. The lowest BCUT2D eigenvalue weighted by Gasteiger charge is -1.93. The highest BCUT2D eigenvalue weighted by molar-refractivity contribution is 5.73. The molecule has 0 amide bonds. The van der Waals surface area contributed by atoms with Crippen molar-refractivity contribution in [2.75, 3.05) is 0 Å². The molecule has 0 saturated carbocycles. The summed E-state index contributed by atoms with van der Waals surface area (Å²) in [5, 5.41) is 0. The summed E-state index contributed by atoms with van der Waals surface area (Å²) >= 11 is 0. The van der Waals surface area contributed by atoms with E-state index in [9.17, 15) is 13.6 Å². The maximum absolute atomic E-state index is 11.2. The zero-order chi connectivity index (χ0) is 7.28. The van der Waals surface area contributed by atoms with Gasteiger partial charge in [0.05, 0.1) is 6.26 Å². The number of alkyl halides is 2. The third kappa shape index (κ3) is 3.64. The Labute approximate surface area is 51.1 Å². The smallest absolute Gasteiger partial charge is 0.378 e. The van der Waals surface area contributed by atoms with Crippen LogP contribution in [-0.4, -0.2) is 12.4 Å². The Morgan fingerprint density at radius 1 is 1.67 bits per heavy atom. The SMILES string of the molecule is C/C=C\OC(=O)C(F)F. The summed E-state index contributed by atoms with van der Waals surface area (Å²) in [4.78, 5) is 9.88. The van der Waals surface area contributed by atoms with Gasteiger partial charge in [0.15, 0.2) is 0 Å². The molecule has 0 fully saturated rings. The van der Waals surface area contributed by atoms with Gasteiger partial charge in [0, 0.05) is 0 Å². The molecule has 0 aliphatic carbocycles. The van der Waals surface area contributed by atoms with Crippen LogP contribution in [0.25, 0.3) is 0 Å². The Hall–Kier alpha value is -0.930. The molecule has 0 aromatic heterocycles. The van der Waals surface area contributed by atoms with Crippen LogP contribution in [0.3, 0.4) is 0 Å². The zero-order valence-corrected chi connectivity index (χ0v) is 4.80. The first-order valence-corrected chi connectivity index (χ1v) is 2.28. The molecule has 2 nitrogen and oxygen atoms in total. The molecule has 0 saturated heterocycles. The van der Waals surface area contributed by atoms with Gasteiger partial charge in [-0.05, 0) is 6.92 Å². The van der Waals surface area contributed by atoms with Crippen LogP contribution in [-0.2, 0) is 9.53 Å². The van der Waals surface area contributed by atoms with Crippen LogP contribution in [0.15, 0.2) is 12.3 Å². The highest BCUT2D eigenvalue weighted by Crippen LogP contribution is 1.95. The lowest BCUT2D eigenvalue weighted by molar-refractivity contribution is -0.150. The van der Waals surface area contributed by atoms with Gasteiger partial charge in [-0.2, -0.15) is 8.78 Å². The first kappa shape index (κ1) is 8.07. The highest BCUT2D eigenvalue weighted by Gasteiger charge is 2.14. The minimum atomic E-state index is -3.04. The van der Waals surface area contributed by atoms with E-state index in [0.717, 1.165) is 6.26 Å². The maximum atomic E-state index is 11.2. The van der Waals surface area contributed by atoms with E-state index in [4.69, 9.17) is 0 Å². The second kappa shape index (κ2) is 4.00. The van der Waals surface area contributed by atoms with Crippen LogP contribution < -0.4 is 0 Å². The third-order valence-electron chi connectivity index (χ3n) is 0.498. The zero-order valence-electron chi connectivity index (χ0n) is 4.80. The topological polar surface area (TPSA) is 26.3 Å². The summed E-state index contributed by atoms with van der Waals surface area (Å²) in [5.74, 6) is -1.52. The van der Waals surface area contributed by atoms with Gasteiger partial charge in [-0.3, -0.25) is 0 Å². The van der Waals surface area contributed by atoms with Crippen molar-refractivity contribution < 1.29 is 18.3 Å². The number of halogens is 2. The minimum Gasteiger partial charge on any atom is -0.431 e. The Bertz CT molecular complexity index is 120. The summed E-state index contributed by atoms with van der Waals surface area (Å²) in [7, 11) is 0. The summed E-state index contributed by atoms with van der Waals surface area (Å²) in [5.41, 5.74) is 0. The van der Waals surface area contributed by atoms with Crippen molar-refractivity contribution in [1.82, 2.24) is 0 Å². The van der Waals surface area contributed by atoms with Crippen LogP contribution in [0, 0.1) is 0 Å². The number of esters is 1. The van der Waals surface area contributed by atoms with Crippen LogP contribution in [0.4, 0.5) is 8.78 Å². The van der Waals surface area contributed by atoms with Gasteiger partial charge in [0.1, 0.15) is 0 Å². The van der Waals surface area contributed by atoms with E-state index in [-0.39, 0.29) is 0 Å². The van der Waals surface area contributed by atoms with Crippen molar-refractivity contribution >= 4 is 5.97 Å². The van der Waals surface area contributed by atoms with Crippen LogP contribution in [0.5, 0.6) is 0 Å². The summed E-state index contributed by atoms with van der Waals surface area (Å²) in [6, 6.07) is 0. The molecule has 0 aromatic carbocycles. The lowest BCUT2D eigenvalue weighted by Crippen LogP contribution is -2.10. The quantitative estimate of drug-likeness (QED) is 0.422. The Balaban J connectivity index is 3.51. The molecule has 0 rings (SSSR count). The molecular formula is C5H6F2O2. The molecule has 0 aliphatic rings. The molecule has 0 bridgehead atoms. The van der Waals surface area contributed by atoms with E-state index in [0.29, 0.717) is 0 Å². The molecule has 0 heterocycles. The molecule has 0 radical (unpaired) electrons. The first-order chi connectivity index (χ1) is 4.18. The molecule has 0 aromatic rings. The van der Waals surface area contributed by atoms with Crippen molar-refractivity contribution in [3.05, 3.63) is 12.3 Å². The number of allylic oxidation sites excluding steroid dienone is 1. The Morgan fingerprint density at radius 2 is 2.22 bits per heavy atom. The van der Waals surface area contributed by atoms with Crippen molar-refractivity contribution in [3.8, 4) is 0 Å². The van der Waals surface area contributed by atoms with E-state index < -0.39 is 12.4 Å². The van der Waals surface area contributed by atoms with E-state index in [1.54, 1.807) is 6.92 Å². The molecule has 9 heavy (non-hydrogen) atoms. The van der Waals surface area contributed by atoms with Crippen molar-refractivity contribution in [3.63, 3.8) is 0 Å².